The molecule has 130 valence electrons. The lowest BCUT2D eigenvalue weighted by Crippen LogP contribution is -2.29. The van der Waals surface area contributed by atoms with E-state index in [-0.39, 0.29) is 17.4 Å². The molecule has 0 bridgehead atoms. The van der Waals surface area contributed by atoms with Gasteiger partial charge in [0, 0.05) is 13.1 Å². The first kappa shape index (κ1) is 19.4. The standard InChI is InChI=1S/C16H26N2O4S/c1-3-5-6-12-17-16(19)13-22-14-7-9-15(10-8-14)23(20,21)18-11-4-2/h7-10,18H,3-6,11-13H2,1-2H3,(H,17,19). The fourth-order valence-electron chi connectivity index (χ4n) is 1.84. The zero-order valence-electron chi connectivity index (χ0n) is 13.8. The quantitative estimate of drug-likeness (QED) is 0.603. The maximum atomic E-state index is 11.9. The van der Waals surface area contributed by atoms with Crippen LogP contribution in [0.2, 0.25) is 0 Å². The molecule has 6 nitrogen and oxygen atoms in total. The van der Waals surface area contributed by atoms with Gasteiger partial charge in [0.05, 0.1) is 4.90 Å². The van der Waals surface area contributed by atoms with Crippen molar-refractivity contribution in [2.75, 3.05) is 19.7 Å². The lowest BCUT2D eigenvalue weighted by molar-refractivity contribution is -0.123. The Balaban J connectivity index is 2.43. The highest BCUT2D eigenvalue weighted by Gasteiger charge is 2.12. The maximum Gasteiger partial charge on any atom is 0.257 e. The molecule has 2 N–H and O–H groups in total. The molecular formula is C16H26N2O4S. The summed E-state index contributed by atoms with van der Waals surface area (Å²) in [5.74, 6) is 0.283. The van der Waals surface area contributed by atoms with Gasteiger partial charge in [0.15, 0.2) is 6.61 Å². The minimum absolute atomic E-state index is 0.0771. The van der Waals surface area contributed by atoms with Gasteiger partial charge in [-0.25, -0.2) is 13.1 Å². The molecule has 7 heteroatoms. The highest BCUT2D eigenvalue weighted by molar-refractivity contribution is 7.89. The second kappa shape index (κ2) is 10.2. The van der Waals surface area contributed by atoms with Crippen molar-refractivity contribution in [2.24, 2.45) is 0 Å². The number of rotatable bonds is 11. The SMILES string of the molecule is CCCCCNC(=O)COc1ccc(S(=O)(=O)NCCC)cc1. The Morgan fingerprint density at radius 2 is 1.74 bits per heavy atom. The molecule has 0 fully saturated rings. The largest absolute Gasteiger partial charge is 0.484 e. The number of carbonyl (C=O) groups excluding carboxylic acids is 1. The van der Waals surface area contributed by atoms with Gasteiger partial charge < -0.3 is 10.1 Å². The average molecular weight is 342 g/mol. The summed E-state index contributed by atoms with van der Waals surface area (Å²) in [5, 5.41) is 2.78. The number of hydrogen-bond acceptors (Lipinski definition) is 4. The maximum absolute atomic E-state index is 11.9. The van der Waals surface area contributed by atoms with Gasteiger partial charge in [-0.3, -0.25) is 4.79 Å². The fourth-order valence-corrected chi connectivity index (χ4v) is 2.97. The molecule has 0 saturated carbocycles. The second-order valence-corrected chi connectivity index (χ2v) is 6.98. The third kappa shape index (κ3) is 7.47. The fraction of sp³-hybridized carbons (Fsp3) is 0.562. The topological polar surface area (TPSA) is 84.5 Å². The summed E-state index contributed by atoms with van der Waals surface area (Å²) in [6.07, 6.45) is 3.88. The van der Waals surface area contributed by atoms with Gasteiger partial charge in [-0.1, -0.05) is 26.7 Å². The Bertz CT molecular complexity index is 570. The summed E-state index contributed by atoms with van der Waals surface area (Å²) < 4.78 is 31.7. The van der Waals surface area contributed by atoms with Crippen LogP contribution in [0.25, 0.3) is 0 Å². The molecular weight excluding hydrogens is 316 g/mol. The number of nitrogens with one attached hydrogen (secondary N) is 2. The van der Waals surface area contributed by atoms with Crippen molar-refractivity contribution in [3.8, 4) is 5.75 Å². The summed E-state index contributed by atoms with van der Waals surface area (Å²) >= 11 is 0. The van der Waals surface area contributed by atoms with Crippen LogP contribution in [0, 0.1) is 0 Å². The van der Waals surface area contributed by atoms with Crippen molar-refractivity contribution in [1.82, 2.24) is 10.0 Å². The van der Waals surface area contributed by atoms with Gasteiger partial charge in [-0.15, -0.1) is 0 Å². The monoisotopic (exact) mass is 342 g/mol. The number of unbranched alkanes of at least 4 members (excludes halogenated alkanes) is 2. The van der Waals surface area contributed by atoms with E-state index in [1.54, 1.807) is 12.1 Å². The van der Waals surface area contributed by atoms with E-state index in [0.717, 1.165) is 25.7 Å². The van der Waals surface area contributed by atoms with Crippen LogP contribution in [0.3, 0.4) is 0 Å². The molecule has 0 spiro atoms. The summed E-state index contributed by atoms with van der Waals surface area (Å²) in [5.41, 5.74) is 0. The summed E-state index contributed by atoms with van der Waals surface area (Å²) in [4.78, 5) is 11.8. The highest BCUT2D eigenvalue weighted by atomic mass is 32.2. The van der Waals surface area contributed by atoms with Crippen molar-refractivity contribution in [2.45, 2.75) is 44.4 Å². The molecule has 1 amide bonds. The summed E-state index contributed by atoms with van der Waals surface area (Å²) in [7, 11) is -3.47. The van der Waals surface area contributed by atoms with E-state index in [1.807, 2.05) is 6.92 Å². The van der Waals surface area contributed by atoms with E-state index in [4.69, 9.17) is 4.74 Å². The Hall–Kier alpha value is -1.60. The van der Waals surface area contributed by atoms with E-state index in [0.29, 0.717) is 18.8 Å². The number of ether oxygens (including phenoxy) is 1. The van der Waals surface area contributed by atoms with E-state index in [9.17, 15) is 13.2 Å². The predicted octanol–water partition coefficient (Wildman–Crippen LogP) is 2.06. The Morgan fingerprint density at radius 3 is 2.35 bits per heavy atom. The highest BCUT2D eigenvalue weighted by Crippen LogP contribution is 2.15. The summed E-state index contributed by atoms with van der Waals surface area (Å²) in [6.45, 7) is 4.97. The van der Waals surface area contributed by atoms with Crippen LogP contribution in [0.15, 0.2) is 29.2 Å². The minimum atomic E-state index is -3.47. The number of hydrogen-bond donors (Lipinski definition) is 2. The first-order chi connectivity index (χ1) is 11.0. The van der Waals surface area contributed by atoms with Crippen molar-refractivity contribution < 1.29 is 17.9 Å². The molecule has 1 rings (SSSR count). The number of amides is 1. The van der Waals surface area contributed by atoms with Gasteiger partial charge in [0.2, 0.25) is 10.0 Å². The van der Waals surface area contributed by atoms with Crippen LogP contribution in [0.5, 0.6) is 5.75 Å². The number of carbonyl (C=O) groups is 1. The molecule has 0 aliphatic heterocycles. The van der Waals surface area contributed by atoms with Crippen molar-refractivity contribution >= 4 is 15.9 Å². The molecule has 0 aliphatic rings. The molecule has 0 atom stereocenters. The number of benzene rings is 1. The van der Waals surface area contributed by atoms with Crippen LogP contribution in [0.1, 0.15) is 39.5 Å². The predicted molar refractivity (Wildman–Crippen MR) is 90.0 cm³/mol. The van der Waals surface area contributed by atoms with Gasteiger partial charge in [0.25, 0.3) is 5.91 Å². The Kier molecular flexibility index (Phi) is 8.65. The average Bonchev–Trinajstić information content (AvgIpc) is 2.55. The molecule has 23 heavy (non-hydrogen) atoms. The van der Waals surface area contributed by atoms with Crippen LogP contribution in [-0.4, -0.2) is 34.0 Å². The van der Waals surface area contributed by atoms with E-state index < -0.39 is 10.0 Å². The third-order valence-corrected chi connectivity index (χ3v) is 4.63. The zero-order chi connectivity index (χ0) is 17.1. The van der Waals surface area contributed by atoms with E-state index >= 15 is 0 Å². The lowest BCUT2D eigenvalue weighted by Gasteiger charge is -2.09. The lowest BCUT2D eigenvalue weighted by atomic mass is 10.2. The molecule has 0 unspecified atom stereocenters. The smallest absolute Gasteiger partial charge is 0.257 e. The molecule has 0 aliphatic carbocycles. The van der Waals surface area contributed by atoms with Crippen molar-refractivity contribution in [3.05, 3.63) is 24.3 Å². The Morgan fingerprint density at radius 1 is 1.04 bits per heavy atom. The van der Waals surface area contributed by atoms with Crippen LogP contribution >= 0.6 is 0 Å². The van der Waals surface area contributed by atoms with E-state index in [2.05, 4.69) is 17.0 Å². The number of sulfonamides is 1. The van der Waals surface area contributed by atoms with Crippen LogP contribution < -0.4 is 14.8 Å². The Labute approximate surface area is 138 Å². The third-order valence-electron chi connectivity index (χ3n) is 3.15. The summed E-state index contributed by atoms with van der Waals surface area (Å²) in [6, 6.07) is 6.02. The van der Waals surface area contributed by atoms with Crippen molar-refractivity contribution in [1.29, 1.82) is 0 Å². The van der Waals surface area contributed by atoms with Crippen LogP contribution in [0.4, 0.5) is 0 Å². The molecule has 1 aromatic rings. The van der Waals surface area contributed by atoms with E-state index in [1.165, 1.54) is 12.1 Å². The van der Waals surface area contributed by atoms with Crippen molar-refractivity contribution in [3.63, 3.8) is 0 Å². The molecule has 0 aromatic heterocycles. The molecule has 0 radical (unpaired) electrons. The minimum Gasteiger partial charge on any atom is -0.484 e. The molecule has 1 aromatic carbocycles. The molecule has 0 heterocycles. The van der Waals surface area contributed by atoms with Gasteiger partial charge >= 0.3 is 0 Å². The first-order valence-electron chi connectivity index (χ1n) is 7.98. The van der Waals surface area contributed by atoms with Gasteiger partial charge in [-0.05, 0) is 37.1 Å². The van der Waals surface area contributed by atoms with Gasteiger partial charge in [0.1, 0.15) is 5.75 Å². The van der Waals surface area contributed by atoms with Gasteiger partial charge in [-0.2, -0.15) is 0 Å². The normalized spacial score (nSPS) is 11.2. The second-order valence-electron chi connectivity index (χ2n) is 5.21. The zero-order valence-corrected chi connectivity index (χ0v) is 14.6. The first-order valence-corrected chi connectivity index (χ1v) is 9.47. The molecule has 0 saturated heterocycles. The van der Waals surface area contributed by atoms with Crippen LogP contribution in [-0.2, 0) is 14.8 Å².